The predicted molar refractivity (Wildman–Crippen MR) is 110 cm³/mol. The Balaban J connectivity index is 1.63. The minimum Gasteiger partial charge on any atom is -0.493 e. The second kappa shape index (κ2) is 9.41. The van der Waals surface area contributed by atoms with Crippen molar-refractivity contribution in [3.05, 3.63) is 52.5 Å². The van der Waals surface area contributed by atoms with Crippen molar-refractivity contribution in [3.63, 3.8) is 0 Å². The molecule has 0 spiro atoms. The normalized spacial score (nSPS) is 18.7. The van der Waals surface area contributed by atoms with Gasteiger partial charge in [0.15, 0.2) is 11.5 Å². The first-order valence-corrected chi connectivity index (χ1v) is 10.2. The number of hydrogen-bond acceptors (Lipinski definition) is 6. The number of benzene rings is 2. The summed E-state index contributed by atoms with van der Waals surface area (Å²) in [4.78, 5) is 11.1. The van der Waals surface area contributed by atoms with Gasteiger partial charge in [0.2, 0.25) is 0 Å². The molecule has 0 radical (unpaired) electrons. The third kappa shape index (κ3) is 4.84. The standard InChI is InChI=1S/C20H22ClNO5S/c1-12-5-3-4-6-16(12)26-7-8-27-18-14(21)9-13(10-17(18)25-2)19-22-15(11-28-19)20(23)24/h3-6,9-10,15,19,22H,7-8,11H2,1-2H3,(H,23,24). The lowest BCUT2D eigenvalue weighted by Gasteiger charge is -2.17. The number of thioether (sulfide) groups is 1. The van der Waals surface area contributed by atoms with Crippen molar-refractivity contribution in [2.45, 2.75) is 18.3 Å². The summed E-state index contributed by atoms with van der Waals surface area (Å²) in [5.74, 6) is 1.39. The first kappa shape index (κ1) is 20.6. The molecule has 6 nitrogen and oxygen atoms in total. The number of ether oxygens (including phenoxy) is 3. The Labute approximate surface area is 173 Å². The molecule has 1 saturated heterocycles. The van der Waals surface area contributed by atoms with Gasteiger partial charge in [0.1, 0.15) is 25.0 Å². The van der Waals surface area contributed by atoms with Crippen LogP contribution in [0.15, 0.2) is 36.4 Å². The van der Waals surface area contributed by atoms with E-state index in [0.717, 1.165) is 16.9 Å². The molecule has 2 N–H and O–H groups in total. The molecule has 0 aliphatic carbocycles. The number of hydrogen-bond donors (Lipinski definition) is 2. The van der Waals surface area contributed by atoms with Gasteiger partial charge >= 0.3 is 5.97 Å². The van der Waals surface area contributed by atoms with Crippen molar-refractivity contribution in [1.82, 2.24) is 5.32 Å². The molecule has 1 aliphatic heterocycles. The summed E-state index contributed by atoms with van der Waals surface area (Å²) in [6.07, 6.45) is 0. The highest BCUT2D eigenvalue weighted by atomic mass is 35.5. The summed E-state index contributed by atoms with van der Waals surface area (Å²) in [6, 6.07) is 10.8. The molecule has 3 rings (SSSR count). The smallest absolute Gasteiger partial charge is 0.321 e. The van der Waals surface area contributed by atoms with E-state index in [1.807, 2.05) is 37.3 Å². The fourth-order valence-electron chi connectivity index (χ4n) is 2.85. The van der Waals surface area contributed by atoms with Gasteiger partial charge in [-0.05, 0) is 36.2 Å². The number of halogens is 1. The lowest BCUT2D eigenvalue weighted by atomic mass is 10.2. The van der Waals surface area contributed by atoms with E-state index in [1.54, 1.807) is 13.2 Å². The number of carboxylic acids is 1. The van der Waals surface area contributed by atoms with Crippen LogP contribution >= 0.6 is 23.4 Å². The molecule has 0 amide bonds. The highest BCUT2D eigenvalue weighted by Gasteiger charge is 2.31. The Morgan fingerprint density at radius 3 is 2.68 bits per heavy atom. The SMILES string of the molecule is COc1cc(C2NC(C(=O)O)CS2)cc(Cl)c1OCCOc1ccccc1C. The van der Waals surface area contributed by atoms with Gasteiger partial charge in [-0.15, -0.1) is 11.8 Å². The lowest BCUT2D eigenvalue weighted by molar-refractivity contribution is -0.138. The second-order valence-corrected chi connectivity index (χ2v) is 7.81. The van der Waals surface area contributed by atoms with Crippen LogP contribution in [-0.2, 0) is 4.79 Å². The van der Waals surface area contributed by atoms with Gasteiger partial charge in [0.05, 0.1) is 17.5 Å². The van der Waals surface area contributed by atoms with Crippen LogP contribution in [0.25, 0.3) is 0 Å². The van der Waals surface area contributed by atoms with Gasteiger partial charge in [-0.2, -0.15) is 0 Å². The van der Waals surface area contributed by atoms with Gasteiger partial charge in [0.25, 0.3) is 0 Å². The Bertz CT molecular complexity index is 847. The molecular weight excluding hydrogens is 402 g/mol. The van der Waals surface area contributed by atoms with E-state index in [4.69, 9.17) is 30.9 Å². The van der Waals surface area contributed by atoms with Crippen molar-refractivity contribution in [3.8, 4) is 17.2 Å². The van der Waals surface area contributed by atoms with Gasteiger partial charge in [-0.1, -0.05) is 29.8 Å². The number of para-hydroxylation sites is 1. The van der Waals surface area contributed by atoms with Crippen molar-refractivity contribution < 1.29 is 24.1 Å². The monoisotopic (exact) mass is 423 g/mol. The number of aryl methyl sites for hydroxylation is 1. The zero-order valence-electron chi connectivity index (χ0n) is 15.6. The van der Waals surface area contributed by atoms with Gasteiger partial charge < -0.3 is 19.3 Å². The molecule has 2 atom stereocenters. The average molecular weight is 424 g/mol. The summed E-state index contributed by atoms with van der Waals surface area (Å²) >= 11 is 7.93. The van der Waals surface area contributed by atoms with E-state index in [-0.39, 0.29) is 5.37 Å². The Hall–Kier alpha value is -2.09. The number of methoxy groups -OCH3 is 1. The second-order valence-electron chi connectivity index (χ2n) is 6.27. The quantitative estimate of drug-likeness (QED) is 0.623. The van der Waals surface area contributed by atoms with Crippen LogP contribution in [0.5, 0.6) is 17.2 Å². The predicted octanol–water partition coefficient (Wildman–Crippen LogP) is 3.90. The number of carboxylic acid groups (broad SMARTS) is 1. The maximum atomic E-state index is 11.1. The molecule has 2 aromatic rings. The minimum absolute atomic E-state index is 0.161. The molecule has 8 heteroatoms. The average Bonchev–Trinajstić information content (AvgIpc) is 3.17. The zero-order chi connectivity index (χ0) is 20.1. The number of aliphatic carboxylic acids is 1. The van der Waals surface area contributed by atoms with Crippen molar-refractivity contribution >= 4 is 29.3 Å². The number of carbonyl (C=O) groups is 1. The Morgan fingerprint density at radius 2 is 2.00 bits per heavy atom. The molecule has 28 heavy (non-hydrogen) atoms. The maximum Gasteiger partial charge on any atom is 0.321 e. The van der Waals surface area contributed by atoms with E-state index in [9.17, 15) is 4.79 Å². The first-order valence-electron chi connectivity index (χ1n) is 8.78. The molecule has 0 aromatic heterocycles. The van der Waals surface area contributed by atoms with Crippen LogP contribution < -0.4 is 19.5 Å². The van der Waals surface area contributed by atoms with Crippen LogP contribution in [0.4, 0.5) is 0 Å². The largest absolute Gasteiger partial charge is 0.493 e. The van der Waals surface area contributed by atoms with Crippen molar-refractivity contribution in [2.24, 2.45) is 0 Å². The summed E-state index contributed by atoms with van der Waals surface area (Å²) in [7, 11) is 1.54. The molecule has 1 fully saturated rings. The van der Waals surface area contributed by atoms with Crippen LogP contribution in [-0.4, -0.2) is 43.2 Å². The Morgan fingerprint density at radius 1 is 1.25 bits per heavy atom. The highest BCUT2D eigenvalue weighted by molar-refractivity contribution is 7.99. The molecule has 150 valence electrons. The van der Waals surface area contributed by atoms with E-state index < -0.39 is 12.0 Å². The summed E-state index contributed by atoms with van der Waals surface area (Å²) in [6.45, 7) is 2.66. The van der Waals surface area contributed by atoms with Gasteiger partial charge in [0, 0.05) is 5.75 Å². The van der Waals surface area contributed by atoms with Gasteiger partial charge in [-0.3, -0.25) is 10.1 Å². The molecule has 0 bridgehead atoms. The van der Waals surface area contributed by atoms with Crippen molar-refractivity contribution in [2.75, 3.05) is 26.1 Å². The number of nitrogens with one attached hydrogen (secondary N) is 1. The van der Waals surface area contributed by atoms with E-state index in [2.05, 4.69) is 5.32 Å². The van der Waals surface area contributed by atoms with Crippen LogP contribution in [0.3, 0.4) is 0 Å². The third-order valence-corrected chi connectivity index (χ3v) is 5.86. The summed E-state index contributed by atoms with van der Waals surface area (Å²) in [5, 5.41) is 12.5. The Kier molecular flexibility index (Phi) is 6.93. The van der Waals surface area contributed by atoms with Crippen molar-refractivity contribution in [1.29, 1.82) is 0 Å². The van der Waals surface area contributed by atoms with Gasteiger partial charge in [-0.25, -0.2) is 0 Å². The van der Waals surface area contributed by atoms with Crippen LogP contribution in [0.2, 0.25) is 5.02 Å². The minimum atomic E-state index is -0.860. The van der Waals surface area contributed by atoms with Crippen LogP contribution in [0, 0.1) is 6.92 Å². The fourth-order valence-corrected chi connectivity index (χ4v) is 4.34. The molecule has 1 aliphatic rings. The van der Waals surface area contributed by atoms with E-state index in [1.165, 1.54) is 11.8 Å². The topological polar surface area (TPSA) is 77.0 Å². The third-order valence-electron chi connectivity index (χ3n) is 4.32. The molecule has 1 heterocycles. The molecular formula is C20H22ClNO5S. The lowest BCUT2D eigenvalue weighted by Crippen LogP contribution is -2.33. The number of rotatable bonds is 8. The fraction of sp³-hybridized carbons (Fsp3) is 0.350. The molecule has 0 saturated carbocycles. The highest BCUT2D eigenvalue weighted by Crippen LogP contribution is 2.41. The van der Waals surface area contributed by atoms with Crippen LogP contribution in [0.1, 0.15) is 16.5 Å². The molecule has 2 unspecified atom stereocenters. The zero-order valence-corrected chi connectivity index (χ0v) is 17.2. The summed E-state index contributed by atoms with van der Waals surface area (Å²) < 4.78 is 17.0. The van der Waals surface area contributed by atoms with E-state index >= 15 is 0 Å². The molecule has 2 aromatic carbocycles. The first-order chi connectivity index (χ1) is 13.5. The maximum absolute atomic E-state index is 11.1. The summed E-state index contributed by atoms with van der Waals surface area (Å²) in [5.41, 5.74) is 1.91. The van der Waals surface area contributed by atoms with E-state index in [0.29, 0.717) is 35.5 Å².